The third-order valence-corrected chi connectivity index (χ3v) is 6.78. The lowest BCUT2D eigenvalue weighted by atomic mass is 10.00. The lowest BCUT2D eigenvalue weighted by Gasteiger charge is -2.20. The average molecular weight is 544 g/mol. The largest absolute Gasteiger partial charge is 0.488 e. The van der Waals surface area contributed by atoms with Gasteiger partial charge >= 0.3 is 5.97 Å². The molecule has 0 amide bonds. The first-order chi connectivity index (χ1) is 19.3. The lowest BCUT2D eigenvalue weighted by Crippen LogP contribution is -2.25. The van der Waals surface area contributed by atoms with Crippen molar-refractivity contribution in [2.24, 2.45) is 5.73 Å². The number of para-hydroxylation sites is 1. The summed E-state index contributed by atoms with van der Waals surface area (Å²) in [6.07, 6.45) is 3.95. The molecule has 0 spiro atoms. The van der Waals surface area contributed by atoms with Crippen LogP contribution in [-0.2, 0) is 33.8 Å². The van der Waals surface area contributed by atoms with Crippen molar-refractivity contribution in [1.82, 2.24) is 0 Å². The van der Waals surface area contributed by atoms with Gasteiger partial charge in [-0.25, -0.2) is 0 Å². The summed E-state index contributed by atoms with van der Waals surface area (Å²) in [4.78, 5) is 12.5. The third kappa shape index (κ3) is 6.84. The Morgan fingerprint density at radius 1 is 0.975 bits per heavy atom. The molecule has 5 rings (SSSR count). The van der Waals surface area contributed by atoms with Crippen LogP contribution >= 0.6 is 0 Å². The second kappa shape index (κ2) is 12.1. The van der Waals surface area contributed by atoms with Gasteiger partial charge in [0.2, 0.25) is 0 Å². The molecule has 1 atom stereocenters. The smallest absolute Gasteiger partial charge is 0.310 e. The van der Waals surface area contributed by atoms with Crippen molar-refractivity contribution < 1.29 is 28.2 Å². The van der Waals surface area contributed by atoms with Crippen LogP contribution < -0.4 is 15.2 Å². The summed E-state index contributed by atoms with van der Waals surface area (Å²) in [6, 6.07) is 19.8. The van der Waals surface area contributed by atoms with Crippen molar-refractivity contribution in [3.05, 3.63) is 83.6 Å². The van der Waals surface area contributed by atoms with E-state index in [1.807, 2.05) is 63.2 Å². The molecule has 2 heterocycles. The molecule has 40 heavy (non-hydrogen) atoms. The molecule has 3 aromatic carbocycles. The molecule has 1 unspecified atom stereocenters. The molecule has 1 fully saturated rings. The van der Waals surface area contributed by atoms with E-state index in [4.69, 9.17) is 29.1 Å². The number of hydrogen-bond acceptors (Lipinski definition) is 7. The Morgan fingerprint density at radius 3 is 2.60 bits per heavy atom. The van der Waals surface area contributed by atoms with Crippen LogP contribution in [0.3, 0.4) is 0 Å². The highest BCUT2D eigenvalue weighted by Crippen LogP contribution is 2.37. The zero-order chi connectivity index (χ0) is 28.1. The summed E-state index contributed by atoms with van der Waals surface area (Å²) in [5.74, 6) is 0.997. The minimum Gasteiger partial charge on any atom is -0.488 e. The van der Waals surface area contributed by atoms with Gasteiger partial charge in [0.25, 0.3) is 0 Å². The highest BCUT2D eigenvalue weighted by atomic mass is 16.6. The van der Waals surface area contributed by atoms with Gasteiger partial charge < -0.3 is 29.1 Å². The molecule has 1 aliphatic rings. The monoisotopic (exact) mass is 543 g/mol. The van der Waals surface area contributed by atoms with E-state index in [2.05, 4.69) is 18.2 Å². The molecule has 4 aromatic rings. The average Bonchev–Trinajstić information content (AvgIpc) is 3.60. The summed E-state index contributed by atoms with van der Waals surface area (Å²) in [7, 11) is 0. The fourth-order valence-electron chi connectivity index (χ4n) is 4.86. The van der Waals surface area contributed by atoms with Crippen LogP contribution in [0.4, 0.5) is 0 Å². The second-order valence-electron chi connectivity index (χ2n) is 11.1. The molecule has 1 saturated heterocycles. The van der Waals surface area contributed by atoms with E-state index in [0.29, 0.717) is 30.2 Å². The van der Waals surface area contributed by atoms with Crippen LogP contribution in [0.5, 0.6) is 11.5 Å². The Labute approximate surface area is 235 Å². The number of rotatable bonds is 10. The van der Waals surface area contributed by atoms with Crippen molar-refractivity contribution >= 4 is 16.9 Å². The molecule has 7 nitrogen and oxygen atoms in total. The SMILES string of the molecule is CC(C)(C)OC(=O)Cc1ccccc1OCc1coc2c(OCC3CCCO3)cc(-c3cccc(CN)c3)cc12. The summed E-state index contributed by atoms with van der Waals surface area (Å²) in [6.45, 7) is 7.53. The molecular formula is C33H37NO6. The standard InChI is InChI=1S/C33H37NO6/c1-33(2,3)40-31(35)17-24-9-4-5-12-29(24)37-19-26-20-39-32-28(26)15-25(23-10-6-8-22(14-23)18-34)16-30(32)38-21-27-11-7-13-36-27/h4-6,8-10,12,14-16,20,27H,7,11,13,17-19,21,34H2,1-3H3. The van der Waals surface area contributed by atoms with Gasteiger partial charge in [-0.1, -0.05) is 36.4 Å². The first kappa shape index (κ1) is 27.7. The number of furan rings is 1. The molecule has 0 bridgehead atoms. The maximum atomic E-state index is 12.5. The fourth-order valence-corrected chi connectivity index (χ4v) is 4.86. The number of ether oxygens (including phenoxy) is 4. The summed E-state index contributed by atoms with van der Waals surface area (Å²) >= 11 is 0. The summed E-state index contributed by atoms with van der Waals surface area (Å²) in [5, 5.41) is 0.905. The van der Waals surface area contributed by atoms with E-state index < -0.39 is 5.60 Å². The topological polar surface area (TPSA) is 93.2 Å². The number of nitrogens with two attached hydrogens (primary N) is 1. The number of carbonyl (C=O) groups is 1. The van der Waals surface area contributed by atoms with Crippen molar-refractivity contribution in [2.75, 3.05) is 13.2 Å². The Kier molecular flexibility index (Phi) is 8.43. The van der Waals surface area contributed by atoms with E-state index in [0.717, 1.165) is 52.7 Å². The van der Waals surface area contributed by atoms with Crippen molar-refractivity contribution in [2.45, 2.75) is 64.9 Å². The van der Waals surface area contributed by atoms with Crippen molar-refractivity contribution in [3.63, 3.8) is 0 Å². The van der Waals surface area contributed by atoms with Crippen molar-refractivity contribution in [3.8, 4) is 22.6 Å². The van der Waals surface area contributed by atoms with Crippen LogP contribution in [0.25, 0.3) is 22.1 Å². The van der Waals surface area contributed by atoms with Crippen LogP contribution in [0.1, 0.15) is 50.3 Å². The first-order valence-corrected chi connectivity index (χ1v) is 13.8. The number of hydrogen-bond donors (Lipinski definition) is 1. The zero-order valence-corrected chi connectivity index (χ0v) is 23.4. The number of benzene rings is 3. The Morgan fingerprint density at radius 2 is 1.82 bits per heavy atom. The number of fused-ring (bicyclic) bond motifs is 1. The van der Waals surface area contributed by atoms with Crippen LogP contribution in [0.2, 0.25) is 0 Å². The molecule has 1 aliphatic heterocycles. The molecule has 210 valence electrons. The van der Waals surface area contributed by atoms with Gasteiger partial charge in [-0.05, 0) is 74.6 Å². The molecule has 2 N–H and O–H groups in total. The van der Waals surface area contributed by atoms with E-state index >= 15 is 0 Å². The first-order valence-electron chi connectivity index (χ1n) is 13.8. The Balaban J connectivity index is 1.42. The maximum absolute atomic E-state index is 12.5. The molecule has 0 radical (unpaired) electrons. The number of esters is 1. The van der Waals surface area contributed by atoms with E-state index in [-0.39, 0.29) is 25.1 Å². The van der Waals surface area contributed by atoms with E-state index in [1.54, 1.807) is 6.26 Å². The van der Waals surface area contributed by atoms with E-state index in [9.17, 15) is 4.79 Å². The predicted molar refractivity (Wildman–Crippen MR) is 154 cm³/mol. The van der Waals surface area contributed by atoms with Gasteiger partial charge in [-0.2, -0.15) is 0 Å². The second-order valence-corrected chi connectivity index (χ2v) is 11.1. The normalized spacial score (nSPS) is 15.3. The molecular weight excluding hydrogens is 506 g/mol. The fraction of sp³-hybridized carbons (Fsp3) is 0.364. The van der Waals surface area contributed by atoms with Crippen LogP contribution in [0, 0.1) is 0 Å². The van der Waals surface area contributed by atoms with Crippen LogP contribution in [-0.4, -0.2) is 30.9 Å². The summed E-state index contributed by atoms with van der Waals surface area (Å²) < 4.78 is 29.8. The van der Waals surface area contributed by atoms with Gasteiger partial charge in [-0.15, -0.1) is 0 Å². The van der Waals surface area contributed by atoms with Gasteiger partial charge in [0.1, 0.15) is 24.6 Å². The highest BCUT2D eigenvalue weighted by Gasteiger charge is 2.21. The van der Waals surface area contributed by atoms with Gasteiger partial charge in [0.05, 0.1) is 18.8 Å². The predicted octanol–water partition coefficient (Wildman–Crippen LogP) is 6.58. The quantitative estimate of drug-likeness (QED) is 0.226. The van der Waals surface area contributed by atoms with Crippen molar-refractivity contribution in [1.29, 1.82) is 0 Å². The maximum Gasteiger partial charge on any atom is 0.310 e. The minimum absolute atomic E-state index is 0.0820. The summed E-state index contributed by atoms with van der Waals surface area (Å²) in [5.41, 5.74) is 10.8. The minimum atomic E-state index is -0.548. The van der Waals surface area contributed by atoms with Crippen LogP contribution in [0.15, 0.2) is 71.3 Å². The van der Waals surface area contributed by atoms with Gasteiger partial charge in [-0.3, -0.25) is 4.79 Å². The Bertz CT molecular complexity index is 1460. The van der Waals surface area contributed by atoms with E-state index in [1.165, 1.54) is 0 Å². The molecule has 0 saturated carbocycles. The molecule has 7 heteroatoms. The lowest BCUT2D eigenvalue weighted by molar-refractivity contribution is -0.153. The Hall–Kier alpha value is -3.81. The number of carbonyl (C=O) groups excluding carboxylic acids is 1. The third-order valence-electron chi connectivity index (χ3n) is 6.78. The highest BCUT2D eigenvalue weighted by molar-refractivity contribution is 5.91. The van der Waals surface area contributed by atoms with Gasteiger partial charge in [0.15, 0.2) is 11.3 Å². The van der Waals surface area contributed by atoms with Gasteiger partial charge in [0, 0.05) is 29.7 Å². The zero-order valence-electron chi connectivity index (χ0n) is 23.4. The molecule has 0 aliphatic carbocycles. The molecule has 1 aromatic heterocycles.